The number of nitrogens with two attached hydrogens (primary N) is 1. The maximum absolute atomic E-state index is 11.9. The number of hydrogen-bond donors (Lipinski definition) is 2. The van der Waals surface area contributed by atoms with Gasteiger partial charge in [-0.25, -0.2) is 0 Å². The van der Waals surface area contributed by atoms with Crippen LogP contribution in [-0.4, -0.2) is 31.0 Å². The number of unbranched alkanes of at least 4 members (excludes halogenated alkanes) is 3. The first kappa shape index (κ1) is 16.8. The van der Waals surface area contributed by atoms with Crippen LogP contribution in [-0.2, 0) is 4.79 Å². The van der Waals surface area contributed by atoms with Gasteiger partial charge in [0.25, 0.3) is 0 Å². The second kappa shape index (κ2) is 9.77. The number of carbonyl (C=O) groups is 1. The SMILES string of the molecule is CCC(C)(CN)C(=O)NCCCCCCSC. The molecule has 4 heteroatoms. The van der Waals surface area contributed by atoms with Crippen LogP contribution in [0.15, 0.2) is 0 Å². The van der Waals surface area contributed by atoms with E-state index < -0.39 is 5.41 Å². The van der Waals surface area contributed by atoms with Gasteiger partial charge in [-0.05, 0) is 38.2 Å². The van der Waals surface area contributed by atoms with Crippen molar-refractivity contribution in [3.8, 4) is 0 Å². The Morgan fingerprint density at radius 3 is 2.47 bits per heavy atom. The van der Waals surface area contributed by atoms with Gasteiger partial charge in [-0.1, -0.05) is 19.8 Å². The van der Waals surface area contributed by atoms with E-state index in [9.17, 15) is 4.79 Å². The van der Waals surface area contributed by atoms with E-state index in [2.05, 4.69) is 11.6 Å². The molecule has 0 saturated carbocycles. The standard InChI is InChI=1S/C13H28N2OS/c1-4-13(2,11-14)12(16)15-9-7-5-6-8-10-17-3/h4-11,14H2,1-3H3,(H,15,16). The largest absolute Gasteiger partial charge is 0.356 e. The van der Waals surface area contributed by atoms with Crippen LogP contribution in [0.2, 0.25) is 0 Å². The zero-order chi connectivity index (χ0) is 13.1. The number of amides is 1. The molecule has 1 amide bonds. The molecule has 0 bridgehead atoms. The lowest BCUT2D eigenvalue weighted by molar-refractivity contribution is -0.129. The number of rotatable bonds is 10. The molecule has 0 aliphatic carbocycles. The predicted molar refractivity (Wildman–Crippen MR) is 77.3 cm³/mol. The van der Waals surface area contributed by atoms with E-state index in [1.807, 2.05) is 25.6 Å². The highest BCUT2D eigenvalue weighted by molar-refractivity contribution is 7.98. The fourth-order valence-corrected chi connectivity index (χ4v) is 2.03. The summed E-state index contributed by atoms with van der Waals surface area (Å²) in [7, 11) is 0. The number of nitrogens with one attached hydrogen (secondary N) is 1. The first-order valence-corrected chi connectivity index (χ1v) is 7.97. The van der Waals surface area contributed by atoms with E-state index in [4.69, 9.17) is 5.73 Å². The summed E-state index contributed by atoms with van der Waals surface area (Å²) in [5, 5.41) is 2.99. The molecule has 3 nitrogen and oxygen atoms in total. The highest BCUT2D eigenvalue weighted by Crippen LogP contribution is 2.18. The van der Waals surface area contributed by atoms with Crippen LogP contribution in [0.25, 0.3) is 0 Å². The Bertz CT molecular complexity index is 206. The molecule has 0 aromatic heterocycles. The number of carbonyl (C=O) groups excluding carboxylic acids is 1. The fourth-order valence-electron chi connectivity index (χ4n) is 1.54. The lowest BCUT2D eigenvalue weighted by Crippen LogP contribution is -2.43. The normalized spacial score (nSPS) is 14.4. The zero-order valence-corrected chi connectivity index (χ0v) is 12.4. The molecule has 1 unspecified atom stereocenters. The Kier molecular flexibility index (Phi) is 9.65. The average molecular weight is 260 g/mol. The second-order valence-corrected chi connectivity index (χ2v) is 5.77. The number of hydrogen-bond acceptors (Lipinski definition) is 3. The molecule has 1 atom stereocenters. The van der Waals surface area contributed by atoms with Crippen molar-refractivity contribution < 1.29 is 4.79 Å². The summed E-state index contributed by atoms with van der Waals surface area (Å²) < 4.78 is 0. The molecule has 0 saturated heterocycles. The van der Waals surface area contributed by atoms with Gasteiger partial charge in [0.1, 0.15) is 0 Å². The van der Waals surface area contributed by atoms with Gasteiger partial charge < -0.3 is 11.1 Å². The lowest BCUT2D eigenvalue weighted by atomic mass is 9.86. The summed E-state index contributed by atoms with van der Waals surface area (Å²) in [5.41, 5.74) is 5.25. The monoisotopic (exact) mass is 260 g/mol. The highest BCUT2D eigenvalue weighted by atomic mass is 32.2. The molecule has 0 aromatic rings. The van der Waals surface area contributed by atoms with Gasteiger partial charge in [0.2, 0.25) is 5.91 Å². The molecule has 102 valence electrons. The van der Waals surface area contributed by atoms with Crippen LogP contribution >= 0.6 is 11.8 Å². The third kappa shape index (κ3) is 6.94. The first-order chi connectivity index (χ1) is 8.10. The Hall–Kier alpha value is -0.220. The molecule has 3 N–H and O–H groups in total. The first-order valence-electron chi connectivity index (χ1n) is 6.58. The Morgan fingerprint density at radius 2 is 1.94 bits per heavy atom. The second-order valence-electron chi connectivity index (χ2n) is 4.78. The van der Waals surface area contributed by atoms with Gasteiger partial charge in [0.05, 0.1) is 5.41 Å². The van der Waals surface area contributed by atoms with E-state index in [0.717, 1.165) is 19.4 Å². The van der Waals surface area contributed by atoms with Crippen molar-refractivity contribution in [1.82, 2.24) is 5.32 Å². The zero-order valence-electron chi connectivity index (χ0n) is 11.6. The molecule has 0 radical (unpaired) electrons. The smallest absolute Gasteiger partial charge is 0.227 e. The van der Waals surface area contributed by atoms with Crippen molar-refractivity contribution in [1.29, 1.82) is 0 Å². The summed E-state index contributed by atoms with van der Waals surface area (Å²) in [6.07, 6.45) is 7.75. The fraction of sp³-hybridized carbons (Fsp3) is 0.923. The number of thioether (sulfide) groups is 1. The van der Waals surface area contributed by atoms with Gasteiger partial charge in [0.15, 0.2) is 0 Å². The molecule has 0 aliphatic heterocycles. The summed E-state index contributed by atoms with van der Waals surface area (Å²) in [5.74, 6) is 1.35. The van der Waals surface area contributed by atoms with E-state index in [1.165, 1.54) is 25.0 Å². The van der Waals surface area contributed by atoms with E-state index >= 15 is 0 Å². The Morgan fingerprint density at radius 1 is 1.29 bits per heavy atom. The van der Waals surface area contributed by atoms with Gasteiger partial charge in [-0.3, -0.25) is 4.79 Å². The minimum atomic E-state index is -0.390. The topological polar surface area (TPSA) is 55.1 Å². The maximum atomic E-state index is 11.9. The third-order valence-corrected chi connectivity index (χ3v) is 4.04. The molecule has 0 fully saturated rings. The average Bonchev–Trinajstić information content (AvgIpc) is 2.36. The van der Waals surface area contributed by atoms with Crippen molar-refractivity contribution >= 4 is 17.7 Å². The van der Waals surface area contributed by atoms with Crippen LogP contribution < -0.4 is 11.1 Å². The summed E-state index contributed by atoms with van der Waals surface area (Å²) >= 11 is 1.90. The quantitative estimate of drug-likeness (QED) is 0.593. The molecule has 0 rings (SSSR count). The molecule has 0 heterocycles. The van der Waals surface area contributed by atoms with Crippen molar-refractivity contribution in [3.63, 3.8) is 0 Å². The predicted octanol–water partition coefficient (Wildman–Crippen LogP) is 2.40. The molecule has 0 spiro atoms. The third-order valence-electron chi connectivity index (χ3n) is 3.34. The van der Waals surface area contributed by atoms with Gasteiger partial charge in [-0.2, -0.15) is 11.8 Å². The molecule has 17 heavy (non-hydrogen) atoms. The van der Waals surface area contributed by atoms with Crippen LogP contribution in [0.5, 0.6) is 0 Å². The summed E-state index contributed by atoms with van der Waals surface area (Å²) in [4.78, 5) is 11.9. The van der Waals surface area contributed by atoms with Crippen LogP contribution in [0.1, 0.15) is 46.0 Å². The van der Waals surface area contributed by atoms with E-state index in [0.29, 0.717) is 6.54 Å². The van der Waals surface area contributed by atoms with Gasteiger partial charge in [-0.15, -0.1) is 0 Å². The van der Waals surface area contributed by atoms with Crippen LogP contribution in [0.3, 0.4) is 0 Å². The Labute approximate surface area is 110 Å². The maximum Gasteiger partial charge on any atom is 0.227 e. The molecule has 0 aliphatic rings. The van der Waals surface area contributed by atoms with Gasteiger partial charge >= 0.3 is 0 Å². The van der Waals surface area contributed by atoms with Crippen LogP contribution in [0.4, 0.5) is 0 Å². The van der Waals surface area contributed by atoms with Crippen molar-refractivity contribution in [3.05, 3.63) is 0 Å². The van der Waals surface area contributed by atoms with Gasteiger partial charge in [0, 0.05) is 13.1 Å². The summed E-state index contributed by atoms with van der Waals surface area (Å²) in [6.45, 7) is 5.15. The molecular formula is C13H28N2OS. The summed E-state index contributed by atoms with van der Waals surface area (Å²) in [6, 6.07) is 0. The molecule has 0 aromatic carbocycles. The van der Waals surface area contributed by atoms with E-state index in [1.54, 1.807) is 0 Å². The van der Waals surface area contributed by atoms with Crippen molar-refractivity contribution in [2.75, 3.05) is 25.1 Å². The van der Waals surface area contributed by atoms with Crippen molar-refractivity contribution in [2.45, 2.75) is 46.0 Å². The minimum absolute atomic E-state index is 0.103. The Balaban J connectivity index is 3.57. The van der Waals surface area contributed by atoms with Crippen LogP contribution in [0, 0.1) is 5.41 Å². The lowest BCUT2D eigenvalue weighted by Gasteiger charge is -2.24. The highest BCUT2D eigenvalue weighted by Gasteiger charge is 2.28. The van der Waals surface area contributed by atoms with Crippen molar-refractivity contribution in [2.24, 2.45) is 11.1 Å². The molecular weight excluding hydrogens is 232 g/mol. The minimum Gasteiger partial charge on any atom is -0.356 e. The van der Waals surface area contributed by atoms with E-state index in [-0.39, 0.29) is 5.91 Å².